The van der Waals surface area contributed by atoms with Crippen LogP contribution in [0.2, 0.25) is 0 Å². The van der Waals surface area contributed by atoms with Crippen molar-refractivity contribution >= 4 is 32.8 Å². The fourth-order valence-electron chi connectivity index (χ4n) is 2.28. The number of likely N-dealkylation sites (tertiary alicyclic amines) is 1. The van der Waals surface area contributed by atoms with Gasteiger partial charge in [0.15, 0.2) is 0 Å². The number of amides is 1. The van der Waals surface area contributed by atoms with Crippen molar-refractivity contribution in [1.29, 1.82) is 0 Å². The zero-order valence-electron chi connectivity index (χ0n) is 13.0. The third kappa shape index (κ3) is 5.05. The summed E-state index contributed by atoms with van der Waals surface area (Å²) in [6.07, 6.45) is 0.556. The van der Waals surface area contributed by atoms with E-state index in [1.165, 1.54) is 0 Å². The summed E-state index contributed by atoms with van der Waals surface area (Å²) in [5, 5.41) is 0.574. The van der Waals surface area contributed by atoms with Crippen molar-refractivity contribution in [3.8, 4) is 0 Å². The first kappa shape index (κ1) is 17.4. The van der Waals surface area contributed by atoms with Crippen LogP contribution >= 0.6 is 15.9 Å². The van der Waals surface area contributed by atoms with Gasteiger partial charge in [-0.15, -0.1) is 0 Å². The van der Waals surface area contributed by atoms with E-state index in [2.05, 4.69) is 20.9 Å². The van der Waals surface area contributed by atoms with Gasteiger partial charge in [-0.25, -0.2) is 9.78 Å². The van der Waals surface area contributed by atoms with Crippen LogP contribution in [0.1, 0.15) is 27.2 Å². The highest BCUT2D eigenvalue weighted by atomic mass is 79.9. The molecule has 0 aliphatic carbocycles. The molecule has 0 saturated carbocycles. The number of carbonyl (C=O) groups excluding carboxylic acids is 1. The summed E-state index contributed by atoms with van der Waals surface area (Å²) in [5.74, 6) is 0.733. The molecule has 1 amide bonds. The first-order valence-electron chi connectivity index (χ1n) is 7.23. The molecule has 0 radical (unpaired) electrons. The Labute approximate surface area is 142 Å². The van der Waals surface area contributed by atoms with Gasteiger partial charge in [0, 0.05) is 18.8 Å². The topological polar surface area (TPSA) is 59.5 Å². The molecule has 5 nitrogen and oxygen atoms in total. The average Bonchev–Trinajstić information content (AvgIpc) is 2.85. The van der Waals surface area contributed by atoms with Gasteiger partial charge in [0.2, 0.25) is 0 Å². The molecule has 2 rings (SSSR count). The van der Waals surface area contributed by atoms with Crippen LogP contribution in [0.15, 0.2) is 27.8 Å². The normalized spacial score (nSPS) is 20.0. The van der Waals surface area contributed by atoms with Crippen LogP contribution in [0.5, 0.6) is 0 Å². The lowest BCUT2D eigenvalue weighted by Gasteiger charge is -2.24. The highest BCUT2D eigenvalue weighted by Crippen LogP contribution is 2.22. The second-order valence-electron chi connectivity index (χ2n) is 6.39. The summed E-state index contributed by atoms with van der Waals surface area (Å²) in [5.41, 5.74) is -0.488. The van der Waals surface area contributed by atoms with E-state index in [0.717, 1.165) is 6.42 Å². The molecule has 1 aliphatic rings. The lowest BCUT2D eigenvalue weighted by molar-refractivity contribution is 0.0289. The molecule has 0 N–H and O–H groups in total. The SMILES string of the molecule is CC(C)(C)OC(=O)N1CC[C@@H](C[S@@](=O)c2cccc(Br)n2)C1. The van der Waals surface area contributed by atoms with E-state index in [1.54, 1.807) is 17.0 Å². The van der Waals surface area contributed by atoms with Crippen LogP contribution in [0.25, 0.3) is 0 Å². The Balaban J connectivity index is 1.88. The predicted octanol–water partition coefficient (Wildman–Crippen LogP) is 3.21. The fourth-order valence-corrected chi connectivity index (χ4v) is 4.04. The molecule has 0 aromatic carbocycles. The van der Waals surface area contributed by atoms with E-state index < -0.39 is 16.4 Å². The molecular weight excluding hydrogens is 368 g/mol. The van der Waals surface area contributed by atoms with Gasteiger partial charge in [-0.2, -0.15) is 0 Å². The van der Waals surface area contributed by atoms with E-state index in [4.69, 9.17) is 4.74 Å². The van der Waals surface area contributed by atoms with Crippen LogP contribution in [-0.2, 0) is 15.5 Å². The van der Waals surface area contributed by atoms with Crippen molar-refractivity contribution in [3.05, 3.63) is 22.8 Å². The van der Waals surface area contributed by atoms with Crippen LogP contribution in [0.4, 0.5) is 4.79 Å². The van der Waals surface area contributed by atoms with Gasteiger partial charge in [0.1, 0.15) is 15.2 Å². The molecule has 1 aromatic heterocycles. The van der Waals surface area contributed by atoms with Crippen molar-refractivity contribution in [2.75, 3.05) is 18.8 Å². The Hall–Kier alpha value is -0.950. The fraction of sp³-hybridized carbons (Fsp3) is 0.600. The molecule has 0 spiro atoms. The zero-order chi connectivity index (χ0) is 16.3. The summed E-state index contributed by atoms with van der Waals surface area (Å²) in [4.78, 5) is 17.9. The van der Waals surface area contributed by atoms with Crippen LogP contribution < -0.4 is 0 Å². The van der Waals surface area contributed by atoms with Crippen molar-refractivity contribution in [3.63, 3.8) is 0 Å². The Bertz CT molecular complexity index is 574. The highest BCUT2D eigenvalue weighted by Gasteiger charge is 2.30. The molecule has 2 heterocycles. The average molecular weight is 389 g/mol. The van der Waals surface area contributed by atoms with Crippen molar-refractivity contribution in [2.24, 2.45) is 5.92 Å². The van der Waals surface area contributed by atoms with Crippen molar-refractivity contribution < 1.29 is 13.7 Å². The maximum absolute atomic E-state index is 12.4. The van der Waals surface area contributed by atoms with Gasteiger partial charge >= 0.3 is 6.09 Å². The smallest absolute Gasteiger partial charge is 0.410 e. The Kier molecular flexibility index (Phi) is 5.60. The number of pyridine rings is 1. The standard InChI is InChI=1S/C15H21BrN2O3S/c1-15(2,3)21-14(19)18-8-7-11(9-18)10-22(20)13-6-4-5-12(16)17-13/h4-6,11H,7-10H2,1-3H3/t11-,22-/m1/s1. The largest absolute Gasteiger partial charge is 0.444 e. The zero-order valence-corrected chi connectivity index (χ0v) is 15.4. The number of carbonyl (C=O) groups is 1. The lowest BCUT2D eigenvalue weighted by Crippen LogP contribution is -2.35. The molecule has 1 fully saturated rings. The molecular formula is C15H21BrN2O3S. The van der Waals surface area contributed by atoms with E-state index in [0.29, 0.717) is 28.5 Å². The minimum absolute atomic E-state index is 0.217. The van der Waals surface area contributed by atoms with Crippen LogP contribution in [0.3, 0.4) is 0 Å². The molecule has 0 bridgehead atoms. The first-order chi connectivity index (χ1) is 10.2. The van der Waals surface area contributed by atoms with Gasteiger partial charge in [-0.05, 0) is 61.2 Å². The Morgan fingerprint density at radius 2 is 2.23 bits per heavy atom. The molecule has 1 aromatic rings. The number of ether oxygens (including phenoxy) is 1. The minimum atomic E-state index is -1.15. The monoisotopic (exact) mass is 388 g/mol. The second kappa shape index (κ2) is 7.08. The number of hydrogen-bond donors (Lipinski definition) is 0. The van der Waals surface area contributed by atoms with Gasteiger partial charge in [-0.1, -0.05) is 6.07 Å². The maximum Gasteiger partial charge on any atom is 0.410 e. The summed E-state index contributed by atoms with van der Waals surface area (Å²) in [6, 6.07) is 5.40. The maximum atomic E-state index is 12.4. The molecule has 1 aliphatic heterocycles. The van der Waals surface area contributed by atoms with Crippen molar-refractivity contribution in [1.82, 2.24) is 9.88 Å². The van der Waals surface area contributed by atoms with E-state index >= 15 is 0 Å². The number of rotatable bonds is 3. The first-order valence-corrected chi connectivity index (χ1v) is 9.34. The van der Waals surface area contributed by atoms with E-state index in [-0.39, 0.29) is 12.0 Å². The van der Waals surface area contributed by atoms with E-state index in [9.17, 15) is 9.00 Å². The molecule has 0 unspecified atom stereocenters. The molecule has 122 valence electrons. The molecule has 2 atom stereocenters. The van der Waals surface area contributed by atoms with E-state index in [1.807, 2.05) is 26.8 Å². The van der Waals surface area contributed by atoms with Gasteiger partial charge in [0.05, 0.1) is 10.8 Å². The predicted molar refractivity (Wildman–Crippen MR) is 89.1 cm³/mol. The third-order valence-corrected chi connectivity index (χ3v) is 5.16. The number of aromatic nitrogens is 1. The summed E-state index contributed by atoms with van der Waals surface area (Å²) < 4.78 is 18.4. The highest BCUT2D eigenvalue weighted by molar-refractivity contribution is 9.10. The van der Waals surface area contributed by atoms with Crippen LogP contribution in [-0.4, -0.2) is 44.6 Å². The van der Waals surface area contributed by atoms with Crippen molar-refractivity contribution in [2.45, 2.75) is 37.8 Å². The second-order valence-corrected chi connectivity index (χ2v) is 8.65. The van der Waals surface area contributed by atoms with Crippen LogP contribution in [0, 0.1) is 5.92 Å². The third-order valence-electron chi connectivity index (χ3n) is 3.25. The number of hydrogen-bond acceptors (Lipinski definition) is 4. The molecule has 1 saturated heterocycles. The lowest BCUT2D eigenvalue weighted by atomic mass is 10.2. The number of halogens is 1. The molecule has 7 heteroatoms. The quantitative estimate of drug-likeness (QED) is 0.745. The van der Waals surface area contributed by atoms with Gasteiger partial charge in [0.25, 0.3) is 0 Å². The summed E-state index contributed by atoms with van der Waals surface area (Å²) >= 11 is 3.28. The van der Waals surface area contributed by atoms with Gasteiger partial charge in [-0.3, -0.25) is 4.21 Å². The van der Waals surface area contributed by atoms with Gasteiger partial charge < -0.3 is 9.64 Å². The Morgan fingerprint density at radius 3 is 2.86 bits per heavy atom. The minimum Gasteiger partial charge on any atom is -0.444 e. The summed E-state index contributed by atoms with van der Waals surface area (Å²) in [6.45, 7) is 6.81. The Morgan fingerprint density at radius 1 is 1.50 bits per heavy atom. The molecule has 22 heavy (non-hydrogen) atoms. The summed E-state index contributed by atoms with van der Waals surface area (Å²) in [7, 11) is -1.15. The number of nitrogens with zero attached hydrogens (tertiary/aromatic N) is 2.